The van der Waals surface area contributed by atoms with Gasteiger partial charge in [-0.15, -0.1) is 0 Å². The molecule has 0 aliphatic carbocycles. The molecule has 5 heteroatoms. The van der Waals surface area contributed by atoms with Crippen LogP contribution < -0.4 is 15.8 Å². The molecule has 0 atom stereocenters. The molecule has 0 heterocycles. The van der Waals surface area contributed by atoms with Gasteiger partial charge in [0, 0.05) is 0 Å². The lowest BCUT2D eigenvalue weighted by Gasteiger charge is -2.07. The van der Waals surface area contributed by atoms with Gasteiger partial charge in [0.05, 0.1) is 5.02 Å². The summed E-state index contributed by atoms with van der Waals surface area (Å²) in [5.74, 6) is 0.605. The predicted molar refractivity (Wildman–Crippen MR) is 56.9 cm³/mol. The van der Waals surface area contributed by atoms with E-state index in [1.807, 2.05) is 12.1 Å². The Balaban J connectivity index is 2.45. The second-order valence-electron chi connectivity index (χ2n) is 2.26. The topological polar surface area (TPSA) is 47.3 Å². The fraction of sp³-hybridized carbons (Fsp3) is 0.125. The van der Waals surface area contributed by atoms with Gasteiger partial charge in [-0.1, -0.05) is 23.7 Å². The lowest BCUT2D eigenvalue weighted by molar-refractivity contribution is 0.310. The largest absolute Gasteiger partial charge is 0.472 e. The maximum absolute atomic E-state index is 5.82. The van der Waals surface area contributed by atoms with Gasteiger partial charge in [0.15, 0.2) is 11.8 Å². The molecule has 0 aliphatic heterocycles. The van der Waals surface area contributed by atoms with E-state index in [0.29, 0.717) is 10.8 Å². The highest BCUT2D eigenvalue weighted by molar-refractivity contribution is 7.80. The Morgan fingerprint density at radius 1 is 1.54 bits per heavy atom. The summed E-state index contributed by atoms with van der Waals surface area (Å²) in [4.78, 5) is 0. The molecule has 0 fully saturated rings. The van der Waals surface area contributed by atoms with Gasteiger partial charge >= 0.3 is 0 Å². The highest BCUT2D eigenvalue weighted by Crippen LogP contribution is 2.22. The first kappa shape index (κ1) is 10.1. The van der Waals surface area contributed by atoms with Gasteiger partial charge in [-0.3, -0.25) is 0 Å². The average molecular weight is 217 g/mol. The molecule has 0 aromatic heterocycles. The smallest absolute Gasteiger partial charge is 0.166 e. The van der Waals surface area contributed by atoms with Crippen LogP contribution in [0.3, 0.4) is 0 Å². The molecule has 0 unspecified atom stereocenters. The van der Waals surface area contributed by atoms with E-state index in [9.17, 15) is 0 Å². The Hall–Kier alpha value is -1.00. The first-order valence-electron chi connectivity index (χ1n) is 3.61. The van der Waals surface area contributed by atoms with Crippen LogP contribution in [0.5, 0.6) is 5.75 Å². The quantitative estimate of drug-likeness (QED) is 0.594. The minimum Gasteiger partial charge on any atom is -0.472 e. The van der Waals surface area contributed by atoms with Crippen LogP contribution in [-0.4, -0.2) is 11.8 Å². The summed E-state index contributed by atoms with van der Waals surface area (Å²) in [5.41, 5.74) is 5.20. The molecule has 0 radical (unpaired) electrons. The molecule has 0 saturated carbocycles. The molecule has 1 aromatic carbocycles. The normalized spacial score (nSPS) is 9.31. The van der Waals surface area contributed by atoms with Crippen molar-refractivity contribution in [3.63, 3.8) is 0 Å². The Kier molecular flexibility index (Phi) is 3.79. The number of para-hydroxylation sites is 1. The summed E-state index contributed by atoms with van der Waals surface area (Å²) in [6, 6.07) is 7.18. The van der Waals surface area contributed by atoms with E-state index in [1.165, 1.54) is 0 Å². The molecule has 13 heavy (non-hydrogen) atoms. The van der Waals surface area contributed by atoms with Crippen LogP contribution in [0.2, 0.25) is 5.02 Å². The Morgan fingerprint density at radius 3 is 2.85 bits per heavy atom. The monoisotopic (exact) mass is 216 g/mol. The third kappa shape index (κ3) is 3.48. The molecule has 3 nitrogen and oxygen atoms in total. The van der Waals surface area contributed by atoms with Gasteiger partial charge in [-0.05, 0) is 24.4 Å². The molecular weight excluding hydrogens is 208 g/mol. The number of halogens is 1. The maximum Gasteiger partial charge on any atom is 0.166 e. The number of benzene rings is 1. The maximum atomic E-state index is 5.82. The van der Waals surface area contributed by atoms with Crippen molar-refractivity contribution in [2.75, 3.05) is 6.73 Å². The molecule has 70 valence electrons. The van der Waals surface area contributed by atoms with Crippen molar-refractivity contribution in [1.82, 2.24) is 5.32 Å². The number of hydrogen-bond acceptors (Lipinski definition) is 2. The highest BCUT2D eigenvalue weighted by atomic mass is 35.5. The van der Waals surface area contributed by atoms with Crippen LogP contribution in [-0.2, 0) is 0 Å². The van der Waals surface area contributed by atoms with E-state index >= 15 is 0 Å². The van der Waals surface area contributed by atoms with Gasteiger partial charge < -0.3 is 15.8 Å². The molecule has 0 saturated heterocycles. The van der Waals surface area contributed by atoms with E-state index in [2.05, 4.69) is 17.5 Å². The number of nitrogens with two attached hydrogens (primary N) is 1. The second-order valence-corrected chi connectivity index (χ2v) is 3.11. The van der Waals surface area contributed by atoms with Gasteiger partial charge in [0.1, 0.15) is 5.75 Å². The number of rotatable bonds is 3. The highest BCUT2D eigenvalue weighted by Gasteiger charge is 1.98. The van der Waals surface area contributed by atoms with Crippen molar-refractivity contribution < 1.29 is 4.74 Å². The summed E-state index contributed by atoms with van der Waals surface area (Å²) < 4.78 is 5.24. The Labute approximate surface area is 86.8 Å². The van der Waals surface area contributed by atoms with E-state index in [0.717, 1.165) is 0 Å². The minimum atomic E-state index is 0.201. The van der Waals surface area contributed by atoms with Crippen LogP contribution in [0.4, 0.5) is 0 Å². The molecule has 0 bridgehead atoms. The second kappa shape index (κ2) is 4.89. The van der Waals surface area contributed by atoms with Gasteiger partial charge in [-0.25, -0.2) is 0 Å². The summed E-state index contributed by atoms with van der Waals surface area (Å²) in [5, 5.41) is 3.41. The molecule has 1 rings (SSSR count). The van der Waals surface area contributed by atoms with Crippen LogP contribution in [0.25, 0.3) is 0 Å². The van der Waals surface area contributed by atoms with E-state index in [-0.39, 0.29) is 11.8 Å². The number of hydrogen-bond donors (Lipinski definition) is 2. The van der Waals surface area contributed by atoms with E-state index < -0.39 is 0 Å². The lowest BCUT2D eigenvalue weighted by Crippen LogP contribution is -2.32. The van der Waals surface area contributed by atoms with Crippen LogP contribution in [0.15, 0.2) is 24.3 Å². The fourth-order valence-corrected chi connectivity index (χ4v) is 0.996. The van der Waals surface area contributed by atoms with Crippen molar-refractivity contribution in [3.05, 3.63) is 29.3 Å². The lowest BCUT2D eigenvalue weighted by atomic mass is 10.3. The van der Waals surface area contributed by atoms with Crippen LogP contribution in [0, 0.1) is 0 Å². The third-order valence-electron chi connectivity index (χ3n) is 1.31. The van der Waals surface area contributed by atoms with Crippen molar-refractivity contribution >= 4 is 28.9 Å². The molecule has 0 amide bonds. The molecule has 1 aromatic rings. The fourth-order valence-electron chi connectivity index (χ4n) is 0.747. The van der Waals surface area contributed by atoms with E-state index in [1.54, 1.807) is 12.1 Å². The van der Waals surface area contributed by atoms with Crippen molar-refractivity contribution in [2.24, 2.45) is 5.73 Å². The summed E-state index contributed by atoms with van der Waals surface area (Å²) in [6.45, 7) is 0.221. The SMILES string of the molecule is NC(=S)NCOc1ccccc1Cl. The summed E-state index contributed by atoms with van der Waals surface area (Å²) in [6.07, 6.45) is 0. The number of thiocarbonyl (C=S) groups is 1. The van der Waals surface area contributed by atoms with Crippen LogP contribution in [0.1, 0.15) is 0 Å². The zero-order valence-electron chi connectivity index (χ0n) is 6.79. The van der Waals surface area contributed by atoms with Gasteiger partial charge in [0.25, 0.3) is 0 Å². The summed E-state index contributed by atoms with van der Waals surface area (Å²) >= 11 is 10.4. The standard InChI is InChI=1S/C8H9ClN2OS/c9-6-3-1-2-4-7(6)12-5-11-8(10)13/h1-4H,5H2,(H3,10,11,13). The Morgan fingerprint density at radius 2 is 2.23 bits per heavy atom. The number of nitrogens with one attached hydrogen (secondary N) is 1. The first-order valence-corrected chi connectivity index (χ1v) is 4.39. The van der Waals surface area contributed by atoms with Crippen LogP contribution >= 0.6 is 23.8 Å². The molecule has 0 spiro atoms. The zero-order chi connectivity index (χ0) is 9.68. The van der Waals surface area contributed by atoms with Crippen molar-refractivity contribution in [1.29, 1.82) is 0 Å². The Bertz CT molecular complexity index is 306. The van der Waals surface area contributed by atoms with Gasteiger partial charge in [-0.2, -0.15) is 0 Å². The molecule has 0 aliphatic rings. The zero-order valence-corrected chi connectivity index (χ0v) is 8.36. The molecule has 3 N–H and O–H groups in total. The first-order chi connectivity index (χ1) is 6.20. The number of ether oxygens (including phenoxy) is 1. The van der Waals surface area contributed by atoms with Gasteiger partial charge in [0.2, 0.25) is 0 Å². The van der Waals surface area contributed by atoms with Crippen molar-refractivity contribution in [2.45, 2.75) is 0 Å². The van der Waals surface area contributed by atoms with Crippen molar-refractivity contribution in [3.8, 4) is 5.75 Å². The minimum absolute atomic E-state index is 0.201. The summed E-state index contributed by atoms with van der Waals surface area (Å²) in [7, 11) is 0. The molecular formula is C8H9ClN2OS. The third-order valence-corrected chi connectivity index (χ3v) is 1.77. The average Bonchev–Trinajstić information content (AvgIpc) is 2.08. The predicted octanol–water partition coefficient (Wildman–Crippen LogP) is 1.51. The van der Waals surface area contributed by atoms with E-state index in [4.69, 9.17) is 22.1 Å².